The maximum absolute atomic E-state index is 12.8. The van der Waals surface area contributed by atoms with E-state index in [2.05, 4.69) is 4.90 Å². The van der Waals surface area contributed by atoms with Gasteiger partial charge in [-0.05, 0) is 50.7 Å². The minimum absolute atomic E-state index is 0.137. The van der Waals surface area contributed by atoms with Crippen molar-refractivity contribution in [1.29, 1.82) is 0 Å². The molecule has 3 heteroatoms. The van der Waals surface area contributed by atoms with Gasteiger partial charge in [-0.2, -0.15) is 0 Å². The van der Waals surface area contributed by atoms with Crippen molar-refractivity contribution < 1.29 is 4.79 Å². The molecule has 1 heterocycles. The van der Waals surface area contributed by atoms with Crippen LogP contribution in [0, 0.1) is 12.8 Å². The van der Waals surface area contributed by atoms with E-state index in [1.54, 1.807) is 0 Å². The molecule has 2 N–H and O–H groups in total. The third-order valence-corrected chi connectivity index (χ3v) is 4.69. The van der Waals surface area contributed by atoms with E-state index in [0.29, 0.717) is 17.3 Å². The van der Waals surface area contributed by atoms with Crippen LogP contribution in [0.2, 0.25) is 0 Å². The Balaban J connectivity index is 1.88. The Morgan fingerprint density at radius 2 is 2.05 bits per heavy atom. The number of fused-ring (bicyclic) bond motifs is 1. The van der Waals surface area contributed by atoms with Gasteiger partial charge < -0.3 is 10.6 Å². The Morgan fingerprint density at radius 3 is 2.89 bits per heavy atom. The third-order valence-electron chi connectivity index (χ3n) is 4.69. The molecule has 0 aromatic heterocycles. The quantitative estimate of drug-likeness (QED) is 0.787. The van der Waals surface area contributed by atoms with Gasteiger partial charge in [0.25, 0.3) is 5.91 Å². The smallest absolute Gasteiger partial charge is 0.256 e. The average Bonchev–Trinajstić information content (AvgIpc) is 2.89. The van der Waals surface area contributed by atoms with Crippen molar-refractivity contribution in [3.63, 3.8) is 0 Å². The number of aryl methyl sites for hydroxylation is 1. The van der Waals surface area contributed by atoms with Crippen LogP contribution in [-0.2, 0) is 0 Å². The Morgan fingerprint density at radius 1 is 1.26 bits per heavy atom. The lowest BCUT2D eigenvalue weighted by molar-refractivity contribution is 0.0549. The van der Waals surface area contributed by atoms with E-state index in [4.69, 9.17) is 5.73 Å². The molecule has 1 saturated carbocycles. The third kappa shape index (κ3) is 2.22. The highest BCUT2D eigenvalue weighted by Gasteiger charge is 2.37. The molecule has 0 bridgehead atoms. The summed E-state index contributed by atoms with van der Waals surface area (Å²) in [6, 6.07) is 6.19. The molecule has 1 amide bonds. The fourth-order valence-electron chi connectivity index (χ4n) is 3.72. The predicted molar refractivity (Wildman–Crippen MR) is 77.0 cm³/mol. The molecule has 19 heavy (non-hydrogen) atoms. The zero-order valence-electron chi connectivity index (χ0n) is 11.6. The first kappa shape index (κ1) is 12.5. The van der Waals surface area contributed by atoms with Crippen LogP contribution in [0.15, 0.2) is 18.2 Å². The summed E-state index contributed by atoms with van der Waals surface area (Å²) in [6.45, 7) is 2.90. The minimum atomic E-state index is 0.137. The Bertz CT molecular complexity index is 498. The number of amides is 1. The summed E-state index contributed by atoms with van der Waals surface area (Å²) in [5.41, 5.74) is 8.38. The highest BCUT2D eigenvalue weighted by atomic mass is 16.2. The normalized spacial score (nSPS) is 26.3. The molecule has 1 aliphatic heterocycles. The van der Waals surface area contributed by atoms with Crippen LogP contribution in [0.25, 0.3) is 0 Å². The van der Waals surface area contributed by atoms with Crippen molar-refractivity contribution in [3.05, 3.63) is 29.3 Å². The summed E-state index contributed by atoms with van der Waals surface area (Å²) < 4.78 is 0. The van der Waals surface area contributed by atoms with Crippen molar-refractivity contribution in [2.45, 2.75) is 45.1 Å². The summed E-state index contributed by atoms with van der Waals surface area (Å²) in [7, 11) is 0. The van der Waals surface area contributed by atoms with Crippen LogP contribution in [-0.4, -0.2) is 23.4 Å². The van der Waals surface area contributed by atoms with E-state index >= 15 is 0 Å². The molecular formula is C16H22N2O. The highest BCUT2D eigenvalue weighted by Crippen LogP contribution is 2.37. The second-order valence-corrected chi connectivity index (χ2v) is 5.99. The molecule has 3 rings (SSSR count). The summed E-state index contributed by atoms with van der Waals surface area (Å²) in [5, 5.41) is 0. The number of nitrogen functional groups attached to an aromatic ring is 1. The van der Waals surface area contributed by atoms with E-state index in [9.17, 15) is 4.79 Å². The maximum atomic E-state index is 12.8. The molecule has 1 saturated heterocycles. The molecule has 0 spiro atoms. The monoisotopic (exact) mass is 258 g/mol. The van der Waals surface area contributed by atoms with E-state index in [1.807, 2.05) is 25.1 Å². The summed E-state index contributed by atoms with van der Waals surface area (Å²) in [6.07, 6.45) is 6.15. The van der Waals surface area contributed by atoms with Crippen LogP contribution in [0.3, 0.4) is 0 Å². The Labute approximate surface area is 114 Å². The predicted octanol–water partition coefficient (Wildman–Crippen LogP) is 2.98. The van der Waals surface area contributed by atoms with Gasteiger partial charge >= 0.3 is 0 Å². The first-order valence-electron chi connectivity index (χ1n) is 7.34. The second-order valence-electron chi connectivity index (χ2n) is 5.99. The van der Waals surface area contributed by atoms with Gasteiger partial charge in [-0.1, -0.05) is 18.1 Å². The molecule has 2 aliphatic rings. The zero-order valence-corrected chi connectivity index (χ0v) is 11.6. The van der Waals surface area contributed by atoms with Gasteiger partial charge in [0.2, 0.25) is 0 Å². The SMILES string of the molecule is Cc1ccc(N)c(C(=O)N2CCCC3CCCC32)c1. The Kier molecular flexibility index (Phi) is 3.21. The van der Waals surface area contributed by atoms with Crippen molar-refractivity contribution in [1.82, 2.24) is 4.90 Å². The number of carbonyl (C=O) groups excluding carboxylic acids is 1. The van der Waals surface area contributed by atoms with Crippen LogP contribution in [0.1, 0.15) is 48.0 Å². The van der Waals surface area contributed by atoms with Gasteiger partial charge in [0.05, 0.1) is 5.56 Å². The number of hydrogen-bond acceptors (Lipinski definition) is 2. The van der Waals surface area contributed by atoms with Gasteiger partial charge in [0, 0.05) is 18.3 Å². The first-order valence-corrected chi connectivity index (χ1v) is 7.34. The molecule has 1 aromatic carbocycles. The zero-order chi connectivity index (χ0) is 13.4. The van der Waals surface area contributed by atoms with Crippen LogP contribution in [0.4, 0.5) is 5.69 Å². The molecular weight excluding hydrogens is 236 g/mol. The minimum Gasteiger partial charge on any atom is -0.398 e. The molecule has 3 nitrogen and oxygen atoms in total. The molecule has 2 atom stereocenters. The number of rotatable bonds is 1. The lowest BCUT2D eigenvalue weighted by Crippen LogP contribution is -2.46. The van der Waals surface area contributed by atoms with Crippen LogP contribution >= 0.6 is 0 Å². The number of nitrogens with two attached hydrogens (primary N) is 1. The average molecular weight is 258 g/mol. The number of hydrogen-bond donors (Lipinski definition) is 1. The lowest BCUT2D eigenvalue weighted by atomic mass is 9.91. The summed E-state index contributed by atoms with van der Waals surface area (Å²) in [4.78, 5) is 14.9. The van der Waals surface area contributed by atoms with Crippen molar-refractivity contribution >= 4 is 11.6 Å². The number of carbonyl (C=O) groups is 1. The van der Waals surface area contributed by atoms with Crippen molar-refractivity contribution in [2.24, 2.45) is 5.92 Å². The molecule has 102 valence electrons. The van der Waals surface area contributed by atoms with Crippen molar-refractivity contribution in [3.8, 4) is 0 Å². The Hall–Kier alpha value is -1.51. The second kappa shape index (κ2) is 4.87. The topological polar surface area (TPSA) is 46.3 Å². The van der Waals surface area contributed by atoms with Gasteiger partial charge in [0.15, 0.2) is 0 Å². The van der Waals surface area contributed by atoms with E-state index in [1.165, 1.54) is 25.7 Å². The largest absolute Gasteiger partial charge is 0.398 e. The molecule has 1 aromatic rings. The number of nitrogens with zero attached hydrogens (tertiary/aromatic N) is 1. The van der Waals surface area contributed by atoms with Crippen molar-refractivity contribution in [2.75, 3.05) is 12.3 Å². The molecule has 1 aliphatic carbocycles. The fraction of sp³-hybridized carbons (Fsp3) is 0.562. The van der Waals surface area contributed by atoms with Gasteiger partial charge in [0.1, 0.15) is 0 Å². The van der Waals surface area contributed by atoms with E-state index < -0.39 is 0 Å². The van der Waals surface area contributed by atoms with Crippen LogP contribution in [0.5, 0.6) is 0 Å². The molecule has 0 radical (unpaired) electrons. The summed E-state index contributed by atoms with van der Waals surface area (Å²) in [5.74, 6) is 0.863. The van der Waals surface area contributed by atoms with Gasteiger partial charge in [-0.15, -0.1) is 0 Å². The first-order chi connectivity index (χ1) is 9.16. The molecule has 2 fully saturated rings. The number of likely N-dealkylation sites (tertiary alicyclic amines) is 1. The fourth-order valence-corrected chi connectivity index (χ4v) is 3.72. The summed E-state index contributed by atoms with van der Waals surface area (Å²) >= 11 is 0. The van der Waals surface area contributed by atoms with E-state index in [0.717, 1.165) is 24.4 Å². The number of piperidine rings is 1. The van der Waals surface area contributed by atoms with Gasteiger partial charge in [-0.3, -0.25) is 4.79 Å². The van der Waals surface area contributed by atoms with Crippen LogP contribution < -0.4 is 5.73 Å². The van der Waals surface area contributed by atoms with Gasteiger partial charge in [-0.25, -0.2) is 0 Å². The lowest BCUT2D eigenvalue weighted by Gasteiger charge is -2.38. The number of anilines is 1. The maximum Gasteiger partial charge on any atom is 0.256 e. The number of benzene rings is 1. The molecule has 2 unspecified atom stereocenters. The standard InChI is InChI=1S/C16H22N2O/c1-11-7-8-14(17)13(10-11)16(19)18-9-3-5-12-4-2-6-15(12)18/h7-8,10,12,15H,2-6,9,17H2,1H3. The highest BCUT2D eigenvalue weighted by molar-refractivity contribution is 5.99. The van der Waals surface area contributed by atoms with E-state index in [-0.39, 0.29) is 5.91 Å².